The molecule has 290 valence electrons. The van der Waals surface area contributed by atoms with E-state index in [0.717, 1.165) is 57.8 Å². The third kappa shape index (κ3) is 6.99. The van der Waals surface area contributed by atoms with Gasteiger partial charge in [-0.05, 0) is 76.5 Å². The first-order valence-corrected chi connectivity index (χ1v) is 20.0. The second-order valence-electron chi connectivity index (χ2n) is 18.4. The SMILES string of the molecule is CO[C@@H]1C[C@@H](C[C@H]2CC[C@H](C)[C@H]([C@@H](C)CO)O2)OC2(O[C@](C)([C@H]3CC[C@@](C)([C@@H]4O[C@@H]([C@H]5O[C@@](O)(CO)C(C)CC5C)C[C@@H]4C)O3)C[C@H]2C)[C@@H]1C. The molecule has 6 heterocycles. The van der Waals surface area contributed by atoms with Gasteiger partial charge in [-0.3, -0.25) is 0 Å². The predicted molar refractivity (Wildman–Crippen MR) is 188 cm³/mol. The van der Waals surface area contributed by atoms with Crippen molar-refractivity contribution in [3.8, 4) is 0 Å². The van der Waals surface area contributed by atoms with Crippen molar-refractivity contribution in [2.24, 2.45) is 41.4 Å². The number of aliphatic hydroxyl groups is 3. The van der Waals surface area contributed by atoms with Gasteiger partial charge in [-0.2, -0.15) is 0 Å². The van der Waals surface area contributed by atoms with Crippen LogP contribution in [0.4, 0.5) is 0 Å². The Morgan fingerprint density at radius 1 is 0.800 bits per heavy atom. The summed E-state index contributed by atoms with van der Waals surface area (Å²) in [7, 11) is 1.80. The van der Waals surface area contributed by atoms with E-state index >= 15 is 0 Å². The minimum Gasteiger partial charge on any atom is -0.396 e. The summed E-state index contributed by atoms with van der Waals surface area (Å²) in [6.07, 6.45) is 7.22. The van der Waals surface area contributed by atoms with Gasteiger partial charge in [0.2, 0.25) is 0 Å². The van der Waals surface area contributed by atoms with Crippen molar-refractivity contribution >= 4 is 0 Å². The molecule has 0 aromatic carbocycles. The zero-order valence-corrected chi connectivity index (χ0v) is 32.6. The summed E-state index contributed by atoms with van der Waals surface area (Å²) < 4.78 is 47.3. The molecule has 0 amide bonds. The van der Waals surface area contributed by atoms with E-state index in [1.807, 2.05) is 6.92 Å². The summed E-state index contributed by atoms with van der Waals surface area (Å²) in [5, 5.41) is 30.8. The lowest BCUT2D eigenvalue weighted by Gasteiger charge is -2.50. The van der Waals surface area contributed by atoms with Crippen LogP contribution in [0, 0.1) is 41.4 Å². The molecule has 1 spiro atoms. The molecule has 0 bridgehead atoms. The van der Waals surface area contributed by atoms with Gasteiger partial charge in [-0.25, -0.2) is 0 Å². The first-order chi connectivity index (χ1) is 23.5. The smallest absolute Gasteiger partial charge is 0.192 e. The van der Waals surface area contributed by atoms with E-state index in [1.54, 1.807) is 7.11 Å². The van der Waals surface area contributed by atoms with Gasteiger partial charge in [0.05, 0.1) is 66.6 Å². The van der Waals surface area contributed by atoms with Crippen LogP contribution in [-0.2, 0) is 33.2 Å². The molecule has 6 saturated heterocycles. The lowest BCUT2D eigenvalue weighted by Crippen LogP contribution is -2.58. The maximum Gasteiger partial charge on any atom is 0.192 e. The molecule has 6 aliphatic heterocycles. The molecule has 0 aliphatic carbocycles. The van der Waals surface area contributed by atoms with Crippen LogP contribution in [0.3, 0.4) is 0 Å². The number of methoxy groups -OCH3 is 1. The average molecular weight is 711 g/mol. The zero-order valence-electron chi connectivity index (χ0n) is 32.6. The maximum absolute atomic E-state index is 11.0. The molecular weight excluding hydrogens is 640 g/mol. The van der Waals surface area contributed by atoms with Crippen LogP contribution in [0.2, 0.25) is 0 Å². The van der Waals surface area contributed by atoms with Crippen LogP contribution >= 0.6 is 0 Å². The van der Waals surface area contributed by atoms with Crippen molar-refractivity contribution in [3.05, 3.63) is 0 Å². The van der Waals surface area contributed by atoms with Gasteiger partial charge >= 0.3 is 0 Å². The van der Waals surface area contributed by atoms with E-state index < -0.39 is 29.4 Å². The summed E-state index contributed by atoms with van der Waals surface area (Å²) in [5.74, 6) is -1.31. The highest BCUT2D eigenvalue weighted by molar-refractivity contribution is 5.09. The Morgan fingerprint density at radius 3 is 2.22 bits per heavy atom. The molecule has 10 heteroatoms. The molecule has 6 fully saturated rings. The van der Waals surface area contributed by atoms with Gasteiger partial charge < -0.3 is 48.5 Å². The van der Waals surface area contributed by atoms with E-state index in [4.69, 9.17) is 33.2 Å². The monoisotopic (exact) mass is 710 g/mol. The molecule has 3 N–H and O–H groups in total. The minimum absolute atomic E-state index is 0.00327. The van der Waals surface area contributed by atoms with Crippen molar-refractivity contribution in [3.63, 3.8) is 0 Å². The molecular formula is C40H70O10. The average Bonchev–Trinajstić information content (AvgIpc) is 3.75. The van der Waals surface area contributed by atoms with Crippen molar-refractivity contribution < 1.29 is 48.5 Å². The fourth-order valence-corrected chi connectivity index (χ4v) is 11.3. The molecule has 6 rings (SSSR count). The van der Waals surface area contributed by atoms with Gasteiger partial charge in [0.15, 0.2) is 11.6 Å². The highest BCUT2D eigenvalue weighted by Crippen LogP contribution is 2.57. The molecule has 0 aromatic heterocycles. The number of hydrogen-bond donors (Lipinski definition) is 3. The summed E-state index contributed by atoms with van der Waals surface area (Å²) in [6, 6.07) is 0. The highest BCUT2D eigenvalue weighted by atomic mass is 16.7. The second kappa shape index (κ2) is 14.7. The van der Waals surface area contributed by atoms with Crippen molar-refractivity contribution in [1.29, 1.82) is 0 Å². The number of aliphatic hydroxyl groups excluding tert-OH is 2. The van der Waals surface area contributed by atoms with Gasteiger partial charge in [0.1, 0.15) is 0 Å². The van der Waals surface area contributed by atoms with Gasteiger partial charge in [-0.1, -0.05) is 48.5 Å². The van der Waals surface area contributed by atoms with E-state index in [2.05, 4.69) is 55.4 Å². The first kappa shape index (κ1) is 39.3. The van der Waals surface area contributed by atoms with E-state index in [-0.39, 0.29) is 90.9 Å². The molecule has 0 aromatic rings. The Morgan fingerprint density at radius 2 is 1.54 bits per heavy atom. The van der Waals surface area contributed by atoms with Crippen molar-refractivity contribution in [2.75, 3.05) is 20.3 Å². The Hall–Kier alpha value is -0.400. The van der Waals surface area contributed by atoms with Crippen LogP contribution in [0.1, 0.15) is 120 Å². The van der Waals surface area contributed by atoms with Gasteiger partial charge in [-0.15, -0.1) is 0 Å². The third-order valence-electron chi connectivity index (χ3n) is 14.4. The Kier molecular flexibility index (Phi) is 11.5. The lowest BCUT2D eigenvalue weighted by molar-refractivity contribution is -0.353. The van der Waals surface area contributed by atoms with Gasteiger partial charge in [0.25, 0.3) is 0 Å². The fraction of sp³-hybridized carbons (Fsp3) is 1.00. The van der Waals surface area contributed by atoms with E-state index in [1.165, 1.54) is 0 Å². The zero-order chi connectivity index (χ0) is 36.4. The summed E-state index contributed by atoms with van der Waals surface area (Å²) in [5.41, 5.74) is -1.03. The van der Waals surface area contributed by atoms with E-state index in [9.17, 15) is 15.3 Å². The molecule has 10 nitrogen and oxygen atoms in total. The van der Waals surface area contributed by atoms with Gasteiger partial charge in [0, 0.05) is 50.2 Å². The Labute approximate surface area is 301 Å². The van der Waals surface area contributed by atoms with Crippen LogP contribution in [0.15, 0.2) is 0 Å². The predicted octanol–water partition coefficient (Wildman–Crippen LogP) is 5.61. The fourth-order valence-electron chi connectivity index (χ4n) is 11.3. The van der Waals surface area contributed by atoms with Crippen molar-refractivity contribution in [1.82, 2.24) is 0 Å². The summed E-state index contributed by atoms with van der Waals surface area (Å²) in [4.78, 5) is 0. The summed E-state index contributed by atoms with van der Waals surface area (Å²) >= 11 is 0. The Bertz CT molecular complexity index is 1150. The first-order valence-electron chi connectivity index (χ1n) is 20.0. The largest absolute Gasteiger partial charge is 0.396 e. The van der Waals surface area contributed by atoms with Crippen LogP contribution < -0.4 is 0 Å². The van der Waals surface area contributed by atoms with Crippen molar-refractivity contribution in [2.45, 2.75) is 192 Å². The normalized spacial score (nSPS) is 55.1. The number of rotatable bonds is 9. The topological polar surface area (TPSA) is 125 Å². The molecule has 0 radical (unpaired) electrons. The quantitative estimate of drug-likeness (QED) is 0.278. The molecule has 19 atom stereocenters. The Balaban J connectivity index is 1.13. The molecule has 50 heavy (non-hydrogen) atoms. The van der Waals surface area contributed by atoms with Crippen LogP contribution in [0.5, 0.6) is 0 Å². The third-order valence-corrected chi connectivity index (χ3v) is 14.4. The molecule has 0 saturated carbocycles. The van der Waals surface area contributed by atoms with Crippen LogP contribution in [-0.4, -0.2) is 107 Å². The number of ether oxygens (including phenoxy) is 7. The maximum atomic E-state index is 11.0. The minimum atomic E-state index is -1.54. The summed E-state index contributed by atoms with van der Waals surface area (Å²) in [6.45, 7) is 19.2. The number of hydrogen-bond acceptors (Lipinski definition) is 10. The second-order valence-corrected chi connectivity index (χ2v) is 18.4. The highest BCUT2D eigenvalue weighted by Gasteiger charge is 2.65. The molecule has 6 aliphatic rings. The van der Waals surface area contributed by atoms with Crippen LogP contribution in [0.25, 0.3) is 0 Å². The standard InChI is InChI=1S/C40H70O10/c1-22-11-12-29(45-34(22)25(4)20-41)17-30-18-31(44-10)28(7)40(47-30)27(6)19-38(9,50-40)33-13-14-37(8,48-33)36-24(3)16-32(46-36)35-23(2)15-26(5)39(43,21-42)49-35/h22-36,41-43H,11-21H2,1-10H3/t22-,23?,24-,25-,26?,27+,28+,29+,30+,31+,32+,33+,34+,35-,36+,37-,38-,39-,40?/m0/s1. The molecule has 3 unspecified atom stereocenters. The van der Waals surface area contributed by atoms with E-state index in [0.29, 0.717) is 5.92 Å². The lowest BCUT2D eigenvalue weighted by atomic mass is 9.78.